The van der Waals surface area contributed by atoms with E-state index in [1.54, 1.807) is 12.1 Å². The van der Waals surface area contributed by atoms with Crippen LogP contribution in [0.25, 0.3) is 0 Å². The molecule has 8 heteroatoms. The van der Waals surface area contributed by atoms with E-state index in [0.29, 0.717) is 43.2 Å². The fourth-order valence-electron chi connectivity index (χ4n) is 5.47. The highest BCUT2D eigenvalue weighted by molar-refractivity contribution is 5.30. The van der Waals surface area contributed by atoms with Gasteiger partial charge in [-0.25, -0.2) is 22.0 Å². The lowest BCUT2D eigenvalue weighted by Crippen LogP contribution is -2.28. The van der Waals surface area contributed by atoms with Gasteiger partial charge in [0, 0.05) is 0 Å². The molecule has 2 aromatic carbocycles. The first-order valence-electron chi connectivity index (χ1n) is 12.5. The first-order valence-corrected chi connectivity index (χ1v) is 12.5. The van der Waals surface area contributed by atoms with Crippen LogP contribution in [0.3, 0.4) is 0 Å². The van der Waals surface area contributed by atoms with Gasteiger partial charge in [0.2, 0.25) is 0 Å². The highest BCUT2D eigenvalue weighted by Crippen LogP contribution is 2.43. The van der Waals surface area contributed by atoms with Gasteiger partial charge >= 0.3 is 6.11 Å². The number of hydrogen-bond donors (Lipinski definition) is 0. The number of aryl methyl sites for hydroxylation is 1. The quantitative estimate of drug-likeness (QED) is 0.204. The first kappa shape index (κ1) is 26.7. The summed E-state index contributed by atoms with van der Waals surface area (Å²) >= 11 is 0. The normalized spacial score (nSPS) is 23.0. The molecule has 36 heavy (non-hydrogen) atoms. The molecule has 0 aromatic heterocycles. The lowest BCUT2D eigenvalue weighted by atomic mass is 9.73. The number of hydrogen-bond acceptors (Lipinski definition) is 1. The van der Waals surface area contributed by atoms with Crippen LogP contribution in [0, 0.1) is 35.0 Å². The van der Waals surface area contributed by atoms with E-state index in [2.05, 4.69) is 0 Å². The molecule has 1 fully saturated rings. The minimum absolute atomic E-state index is 0.0538. The summed E-state index contributed by atoms with van der Waals surface area (Å²) in [5.74, 6) is -6.51. The van der Waals surface area contributed by atoms with Crippen molar-refractivity contribution in [3.63, 3.8) is 0 Å². The third kappa shape index (κ3) is 5.63. The Labute approximate surface area is 206 Å². The third-order valence-corrected chi connectivity index (χ3v) is 7.44. The summed E-state index contributed by atoms with van der Waals surface area (Å²) in [7, 11) is 0. The highest BCUT2D eigenvalue weighted by Gasteiger charge is 2.38. The second-order valence-corrected chi connectivity index (χ2v) is 9.80. The van der Waals surface area contributed by atoms with Crippen LogP contribution in [0.15, 0.2) is 35.9 Å². The van der Waals surface area contributed by atoms with Gasteiger partial charge in [-0.05, 0) is 86.5 Å². The molecule has 1 atom stereocenters. The summed E-state index contributed by atoms with van der Waals surface area (Å²) in [6.07, 6.45) is 2.39. The molecule has 2 aliphatic rings. The van der Waals surface area contributed by atoms with Gasteiger partial charge in [-0.3, -0.25) is 0 Å². The molecule has 1 nitrogen and oxygen atoms in total. The Kier molecular flexibility index (Phi) is 8.12. The molecule has 0 aliphatic heterocycles. The van der Waals surface area contributed by atoms with Crippen molar-refractivity contribution in [3.8, 4) is 0 Å². The Morgan fingerprint density at radius 3 is 2.06 bits per heavy atom. The summed E-state index contributed by atoms with van der Waals surface area (Å²) in [6, 6.07) is 3.87. The van der Waals surface area contributed by atoms with Crippen molar-refractivity contribution in [2.75, 3.05) is 0 Å². The van der Waals surface area contributed by atoms with Crippen LogP contribution in [0.1, 0.15) is 80.9 Å². The Morgan fingerprint density at radius 2 is 1.47 bits per heavy atom. The van der Waals surface area contributed by atoms with Crippen LogP contribution < -0.4 is 0 Å². The standard InChI is InChI=1S/C28H29F7O/c1-2-3-19-10-13-22(26(32)25(19)31)18-6-4-16(5-7-18)17-8-11-21(12-9-17)36-28(34,35)20-14-23(29)27(33)24(30)15-20/h8,10,13-16,18,21H,2-7,9,11-12H2,1H3. The van der Waals surface area contributed by atoms with Crippen molar-refractivity contribution in [3.05, 3.63) is 81.7 Å². The zero-order valence-electron chi connectivity index (χ0n) is 20.0. The Morgan fingerprint density at radius 1 is 0.833 bits per heavy atom. The van der Waals surface area contributed by atoms with Crippen LogP contribution in [0.5, 0.6) is 0 Å². The monoisotopic (exact) mass is 514 g/mol. The van der Waals surface area contributed by atoms with E-state index in [-0.39, 0.29) is 30.4 Å². The molecule has 2 aromatic rings. The maximum Gasteiger partial charge on any atom is 0.383 e. The van der Waals surface area contributed by atoms with Crippen LogP contribution in [-0.4, -0.2) is 6.10 Å². The van der Waals surface area contributed by atoms with E-state index in [0.717, 1.165) is 24.8 Å². The number of alkyl halides is 2. The van der Waals surface area contributed by atoms with Gasteiger partial charge in [0.1, 0.15) is 0 Å². The third-order valence-electron chi connectivity index (χ3n) is 7.44. The van der Waals surface area contributed by atoms with Crippen molar-refractivity contribution < 1.29 is 35.5 Å². The second kappa shape index (κ2) is 11.0. The Bertz CT molecular complexity index is 1100. The molecule has 0 N–H and O–H groups in total. The molecule has 0 amide bonds. The highest BCUT2D eigenvalue weighted by atomic mass is 19.3. The predicted molar refractivity (Wildman–Crippen MR) is 122 cm³/mol. The van der Waals surface area contributed by atoms with Crippen molar-refractivity contribution in [1.82, 2.24) is 0 Å². The maximum atomic E-state index is 14.7. The fourth-order valence-corrected chi connectivity index (χ4v) is 5.47. The molecule has 0 heterocycles. The lowest BCUT2D eigenvalue weighted by Gasteiger charge is -2.34. The minimum atomic E-state index is -3.96. The number of rotatable bonds is 7. The molecular formula is C28H29F7O. The van der Waals surface area contributed by atoms with E-state index in [1.165, 1.54) is 0 Å². The molecule has 2 aliphatic carbocycles. The van der Waals surface area contributed by atoms with Crippen molar-refractivity contribution >= 4 is 0 Å². The van der Waals surface area contributed by atoms with Crippen molar-refractivity contribution in [2.45, 2.75) is 82.8 Å². The molecule has 4 rings (SSSR count). The second-order valence-electron chi connectivity index (χ2n) is 9.80. The summed E-state index contributed by atoms with van der Waals surface area (Å²) in [5, 5.41) is 0. The van der Waals surface area contributed by atoms with Gasteiger partial charge in [0.05, 0.1) is 11.7 Å². The van der Waals surface area contributed by atoms with Gasteiger partial charge in [0.15, 0.2) is 29.1 Å². The van der Waals surface area contributed by atoms with Crippen molar-refractivity contribution in [2.24, 2.45) is 5.92 Å². The van der Waals surface area contributed by atoms with E-state index >= 15 is 0 Å². The largest absolute Gasteiger partial charge is 0.383 e. The van der Waals surface area contributed by atoms with E-state index in [1.807, 2.05) is 13.0 Å². The number of ether oxygens (including phenoxy) is 1. The first-order chi connectivity index (χ1) is 17.1. The summed E-state index contributed by atoms with van der Waals surface area (Å²) in [4.78, 5) is 0. The summed E-state index contributed by atoms with van der Waals surface area (Å²) in [6.45, 7) is 1.92. The molecule has 196 valence electrons. The molecule has 0 bridgehead atoms. The number of benzene rings is 2. The van der Waals surface area contributed by atoms with Crippen molar-refractivity contribution in [1.29, 1.82) is 0 Å². The zero-order chi connectivity index (χ0) is 26.0. The van der Waals surface area contributed by atoms with Gasteiger partial charge in [-0.15, -0.1) is 0 Å². The maximum absolute atomic E-state index is 14.7. The Hall–Kier alpha value is -2.35. The number of halogens is 7. The average molecular weight is 515 g/mol. The topological polar surface area (TPSA) is 9.23 Å². The van der Waals surface area contributed by atoms with Crippen LogP contribution >= 0.6 is 0 Å². The summed E-state index contributed by atoms with van der Waals surface area (Å²) in [5.41, 5.74) is 0.892. The molecular weight excluding hydrogens is 485 g/mol. The van der Waals surface area contributed by atoms with Crippen LogP contribution in [-0.2, 0) is 17.3 Å². The molecule has 1 unspecified atom stereocenters. The van der Waals surface area contributed by atoms with Gasteiger partial charge < -0.3 is 4.74 Å². The molecule has 0 spiro atoms. The molecule has 1 saturated carbocycles. The van der Waals surface area contributed by atoms with E-state index in [4.69, 9.17) is 4.74 Å². The predicted octanol–water partition coefficient (Wildman–Crippen LogP) is 8.85. The van der Waals surface area contributed by atoms with Gasteiger partial charge in [0.25, 0.3) is 0 Å². The van der Waals surface area contributed by atoms with Crippen LogP contribution in [0.4, 0.5) is 30.7 Å². The van der Waals surface area contributed by atoms with Gasteiger partial charge in [-0.1, -0.05) is 37.1 Å². The summed E-state index contributed by atoms with van der Waals surface area (Å²) < 4.78 is 103. The Balaban J connectivity index is 1.34. The zero-order valence-corrected chi connectivity index (χ0v) is 20.0. The molecule has 0 radical (unpaired) electrons. The SMILES string of the molecule is CCCc1ccc(C2CCC(C3=CCC(OC(F)(F)c4cc(F)c(F)c(F)c4)CC3)CC2)c(F)c1F. The smallest absolute Gasteiger partial charge is 0.313 e. The van der Waals surface area contributed by atoms with E-state index in [9.17, 15) is 30.7 Å². The lowest BCUT2D eigenvalue weighted by molar-refractivity contribution is -0.274. The number of allylic oxidation sites excluding steroid dienone is 1. The average Bonchev–Trinajstić information content (AvgIpc) is 2.86. The fraction of sp³-hybridized carbons (Fsp3) is 0.500. The van der Waals surface area contributed by atoms with Crippen LogP contribution in [0.2, 0.25) is 0 Å². The molecule has 0 saturated heterocycles. The van der Waals surface area contributed by atoms with Gasteiger partial charge in [-0.2, -0.15) is 8.78 Å². The minimum Gasteiger partial charge on any atom is -0.313 e. The van der Waals surface area contributed by atoms with E-state index < -0.39 is 46.9 Å².